The summed E-state index contributed by atoms with van der Waals surface area (Å²) < 4.78 is 5.94. The molecule has 0 N–H and O–H groups in total. The maximum atomic E-state index is 6.02. The molecule has 20 heavy (non-hydrogen) atoms. The van der Waals surface area contributed by atoms with E-state index in [-0.39, 0.29) is 6.10 Å². The lowest BCUT2D eigenvalue weighted by atomic mass is 10.1. The molecule has 0 fully saturated rings. The average molecular weight is 285 g/mol. The lowest BCUT2D eigenvalue weighted by Crippen LogP contribution is -2.02. The van der Waals surface area contributed by atoms with Gasteiger partial charge in [-0.25, -0.2) is 9.97 Å². The Kier molecular flexibility index (Phi) is 3.52. The highest BCUT2D eigenvalue weighted by molar-refractivity contribution is 6.34. The number of ether oxygens (including phenoxy) is 1. The van der Waals surface area contributed by atoms with E-state index in [1.54, 1.807) is 0 Å². The van der Waals surface area contributed by atoms with Gasteiger partial charge in [0.2, 0.25) is 0 Å². The van der Waals surface area contributed by atoms with Crippen molar-refractivity contribution in [1.82, 2.24) is 9.97 Å². The Bertz CT molecular complexity index is 731. The van der Waals surface area contributed by atoms with Crippen LogP contribution in [0.2, 0.25) is 5.15 Å². The quantitative estimate of drug-likeness (QED) is 0.668. The molecule has 1 atom stereocenters. The smallest absolute Gasteiger partial charge is 0.140 e. The van der Waals surface area contributed by atoms with Crippen LogP contribution in [0.3, 0.4) is 0 Å². The van der Waals surface area contributed by atoms with Crippen molar-refractivity contribution >= 4 is 22.5 Å². The standard InChI is InChI=1S/C16H13ClN2O/c1-11(12-5-3-2-4-6-12)20-13-7-8-14-15(9-13)18-10-19-16(14)17/h2-11H,1H3. The lowest BCUT2D eigenvalue weighted by molar-refractivity contribution is 0.227. The van der Waals surface area contributed by atoms with Crippen molar-refractivity contribution in [2.75, 3.05) is 0 Å². The molecule has 1 aromatic heterocycles. The van der Waals surface area contributed by atoms with Gasteiger partial charge in [0.1, 0.15) is 23.3 Å². The minimum Gasteiger partial charge on any atom is -0.486 e. The Morgan fingerprint density at radius 1 is 1.05 bits per heavy atom. The van der Waals surface area contributed by atoms with Gasteiger partial charge in [-0.05, 0) is 24.6 Å². The first-order chi connectivity index (χ1) is 9.74. The molecule has 4 heteroatoms. The molecule has 0 bridgehead atoms. The first-order valence-electron chi connectivity index (χ1n) is 6.36. The lowest BCUT2D eigenvalue weighted by Gasteiger charge is -2.15. The number of benzene rings is 2. The van der Waals surface area contributed by atoms with Gasteiger partial charge in [0.05, 0.1) is 5.52 Å². The Morgan fingerprint density at radius 2 is 1.85 bits per heavy atom. The van der Waals surface area contributed by atoms with Crippen LogP contribution in [0, 0.1) is 0 Å². The summed E-state index contributed by atoms with van der Waals surface area (Å²) in [4.78, 5) is 8.17. The molecule has 3 nitrogen and oxygen atoms in total. The topological polar surface area (TPSA) is 35.0 Å². The first-order valence-corrected chi connectivity index (χ1v) is 6.74. The molecule has 0 saturated heterocycles. The van der Waals surface area contributed by atoms with Gasteiger partial charge in [0.25, 0.3) is 0 Å². The van der Waals surface area contributed by atoms with E-state index in [0.29, 0.717) is 5.15 Å². The monoisotopic (exact) mass is 284 g/mol. The zero-order chi connectivity index (χ0) is 13.9. The summed E-state index contributed by atoms with van der Waals surface area (Å²) in [5.74, 6) is 0.767. The van der Waals surface area contributed by atoms with Gasteiger partial charge in [0.15, 0.2) is 0 Å². The molecule has 1 unspecified atom stereocenters. The minimum atomic E-state index is -0.0223. The molecule has 0 aliphatic heterocycles. The van der Waals surface area contributed by atoms with Crippen molar-refractivity contribution in [3.63, 3.8) is 0 Å². The summed E-state index contributed by atoms with van der Waals surface area (Å²) in [5.41, 5.74) is 1.91. The molecule has 0 radical (unpaired) electrons. The predicted octanol–water partition coefficient (Wildman–Crippen LogP) is 4.42. The molecule has 3 aromatic rings. The molecule has 100 valence electrons. The first kappa shape index (κ1) is 12.9. The second kappa shape index (κ2) is 5.47. The van der Waals surface area contributed by atoms with Gasteiger partial charge in [-0.15, -0.1) is 0 Å². The van der Waals surface area contributed by atoms with Gasteiger partial charge >= 0.3 is 0 Å². The molecule has 0 aliphatic carbocycles. The number of rotatable bonds is 3. The van der Waals surface area contributed by atoms with Crippen LogP contribution >= 0.6 is 11.6 Å². The molecule has 0 spiro atoms. The maximum absolute atomic E-state index is 6.02. The van der Waals surface area contributed by atoms with Crippen LogP contribution in [-0.2, 0) is 0 Å². The van der Waals surface area contributed by atoms with Crippen LogP contribution < -0.4 is 4.74 Å². The SMILES string of the molecule is CC(Oc1ccc2c(Cl)ncnc2c1)c1ccccc1. The molecular formula is C16H13ClN2O. The molecule has 0 saturated carbocycles. The van der Waals surface area contributed by atoms with Gasteiger partial charge in [-0.3, -0.25) is 0 Å². The van der Waals surface area contributed by atoms with Crippen LogP contribution in [0.15, 0.2) is 54.9 Å². The Balaban J connectivity index is 1.88. The number of hydrogen-bond donors (Lipinski definition) is 0. The van der Waals surface area contributed by atoms with E-state index in [9.17, 15) is 0 Å². The Labute approximate surface area is 122 Å². The second-order valence-corrected chi connectivity index (χ2v) is 4.87. The van der Waals surface area contributed by atoms with E-state index >= 15 is 0 Å². The number of hydrogen-bond acceptors (Lipinski definition) is 3. The highest BCUT2D eigenvalue weighted by atomic mass is 35.5. The number of fused-ring (bicyclic) bond motifs is 1. The average Bonchev–Trinajstić information content (AvgIpc) is 2.48. The molecule has 1 heterocycles. The summed E-state index contributed by atoms with van der Waals surface area (Å²) in [7, 11) is 0. The number of nitrogens with zero attached hydrogens (tertiary/aromatic N) is 2. The summed E-state index contributed by atoms with van der Waals surface area (Å²) in [6, 6.07) is 15.7. The maximum Gasteiger partial charge on any atom is 0.140 e. The summed E-state index contributed by atoms with van der Waals surface area (Å²) in [6.07, 6.45) is 1.43. The summed E-state index contributed by atoms with van der Waals surface area (Å²) in [5, 5.41) is 1.28. The second-order valence-electron chi connectivity index (χ2n) is 4.51. The van der Waals surface area contributed by atoms with Gasteiger partial charge < -0.3 is 4.74 Å². The van der Waals surface area contributed by atoms with Crippen molar-refractivity contribution < 1.29 is 4.74 Å². The highest BCUT2D eigenvalue weighted by Gasteiger charge is 2.08. The largest absolute Gasteiger partial charge is 0.486 e. The van der Waals surface area contributed by atoms with E-state index in [0.717, 1.165) is 22.2 Å². The van der Waals surface area contributed by atoms with E-state index in [4.69, 9.17) is 16.3 Å². The van der Waals surface area contributed by atoms with Crippen molar-refractivity contribution in [1.29, 1.82) is 0 Å². The third kappa shape index (κ3) is 2.58. The number of halogens is 1. The van der Waals surface area contributed by atoms with E-state index in [1.807, 2.05) is 55.5 Å². The van der Waals surface area contributed by atoms with E-state index < -0.39 is 0 Å². The Hall–Kier alpha value is -2.13. The fourth-order valence-corrected chi connectivity index (χ4v) is 2.28. The summed E-state index contributed by atoms with van der Waals surface area (Å²) in [6.45, 7) is 2.02. The Morgan fingerprint density at radius 3 is 2.65 bits per heavy atom. The zero-order valence-electron chi connectivity index (χ0n) is 11.0. The predicted molar refractivity (Wildman–Crippen MR) is 80.0 cm³/mol. The highest BCUT2D eigenvalue weighted by Crippen LogP contribution is 2.26. The molecular weight excluding hydrogens is 272 g/mol. The fourth-order valence-electron chi connectivity index (χ4n) is 2.07. The van der Waals surface area contributed by atoms with Gasteiger partial charge in [-0.1, -0.05) is 41.9 Å². The molecule has 0 aliphatic rings. The number of aromatic nitrogens is 2. The van der Waals surface area contributed by atoms with Crippen LogP contribution in [0.25, 0.3) is 10.9 Å². The minimum absolute atomic E-state index is 0.0223. The van der Waals surface area contributed by atoms with Crippen molar-refractivity contribution in [2.24, 2.45) is 0 Å². The van der Waals surface area contributed by atoms with Crippen molar-refractivity contribution in [2.45, 2.75) is 13.0 Å². The third-order valence-electron chi connectivity index (χ3n) is 3.14. The molecule has 2 aromatic carbocycles. The van der Waals surface area contributed by atoms with Crippen LogP contribution in [0.5, 0.6) is 5.75 Å². The third-order valence-corrected chi connectivity index (χ3v) is 3.44. The van der Waals surface area contributed by atoms with Gasteiger partial charge in [0, 0.05) is 11.5 Å². The normalized spacial score (nSPS) is 12.3. The van der Waals surface area contributed by atoms with Crippen molar-refractivity contribution in [3.8, 4) is 5.75 Å². The van der Waals surface area contributed by atoms with Crippen LogP contribution in [0.1, 0.15) is 18.6 Å². The fraction of sp³-hybridized carbons (Fsp3) is 0.125. The molecule has 3 rings (SSSR count). The zero-order valence-corrected chi connectivity index (χ0v) is 11.7. The van der Waals surface area contributed by atoms with E-state index in [2.05, 4.69) is 9.97 Å². The molecule has 0 amide bonds. The van der Waals surface area contributed by atoms with Gasteiger partial charge in [-0.2, -0.15) is 0 Å². The van der Waals surface area contributed by atoms with Crippen LogP contribution in [-0.4, -0.2) is 9.97 Å². The van der Waals surface area contributed by atoms with E-state index in [1.165, 1.54) is 6.33 Å². The van der Waals surface area contributed by atoms with Crippen LogP contribution in [0.4, 0.5) is 0 Å². The summed E-state index contributed by atoms with van der Waals surface area (Å²) >= 11 is 6.02. The van der Waals surface area contributed by atoms with Crippen molar-refractivity contribution in [3.05, 3.63) is 65.6 Å².